The molecule has 1 atom stereocenters. The van der Waals surface area contributed by atoms with Gasteiger partial charge in [0.05, 0.1) is 19.8 Å². The predicted octanol–water partition coefficient (Wildman–Crippen LogP) is 2.95. The fourth-order valence-corrected chi connectivity index (χ4v) is 4.04. The number of amides is 1. The number of benzene rings is 2. The van der Waals surface area contributed by atoms with Gasteiger partial charge in [0, 0.05) is 17.7 Å². The summed E-state index contributed by atoms with van der Waals surface area (Å²) in [5.41, 5.74) is 4.75. The third kappa shape index (κ3) is 3.03. The minimum absolute atomic E-state index is 0.141. The van der Waals surface area contributed by atoms with Gasteiger partial charge in [0.15, 0.2) is 0 Å². The fourth-order valence-electron chi connectivity index (χ4n) is 4.04. The zero-order valence-electron chi connectivity index (χ0n) is 16.6. The van der Waals surface area contributed by atoms with Crippen molar-refractivity contribution in [3.63, 3.8) is 0 Å². The first kappa shape index (κ1) is 19.0. The van der Waals surface area contributed by atoms with Crippen LogP contribution in [0.4, 0.5) is 0 Å². The number of aromatic amines is 1. The van der Waals surface area contributed by atoms with Gasteiger partial charge in [-0.3, -0.25) is 9.89 Å². The van der Waals surface area contributed by atoms with Crippen LogP contribution in [0, 0.1) is 13.8 Å². The van der Waals surface area contributed by atoms with E-state index in [1.54, 1.807) is 12.0 Å². The number of carbonyl (C=O) groups is 1. The predicted molar refractivity (Wildman–Crippen MR) is 108 cm³/mol. The number of H-pyrrole nitrogens is 1. The minimum atomic E-state index is -0.450. The summed E-state index contributed by atoms with van der Waals surface area (Å²) in [6, 6.07) is 10.8. The van der Waals surface area contributed by atoms with Gasteiger partial charge in [-0.15, -0.1) is 0 Å². The Labute approximate surface area is 168 Å². The zero-order chi connectivity index (χ0) is 20.7. The standard InChI is InChI=1S/C22H23N3O4/c1-12-9-13(2)21(27)16(10-12)18-17-19(24-23-18)22(28)25(7-8-26)20(17)14-5-4-6-15(11-14)29-3/h4-6,9-11,20,26-27H,7-8H2,1-3H3,(H,23,24). The van der Waals surface area contributed by atoms with Gasteiger partial charge in [0.2, 0.25) is 0 Å². The number of carbonyl (C=O) groups excluding carboxylic acids is 1. The third-order valence-electron chi connectivity index (χ3n) is 5.31. The lowest BCUT2D eigenvalue weighted by Gasteiger charge is -2.26. The number of methoxy groups -OCH3 is 1. The second kappa shape index (κ2) is 7.25. The van der Waals surface area contributed by atoms with E-state index in [9.17, 15) is 15.0 Å². The van der Waals surface area contributed by atoms with Gasteiger partial charge in [-0.05, 0) is 48.7 Å². The molecule has 0 fully saturated rings. The molecule has 1 amide bonds. The highest BCUT2D eigenvalue weighted by atomic mass is 16.5. The van der Waals surface area contributed by atoms with Crippen molar-refractivity contribution in [1.82, 2.24) is 15.1 Å². The molecule has 3 aromatic rings. The van der Waals surface area contributed by atoms with Crippen molar-refractivity contribution in [2.24, 2.45) is 0 Å². The van der Waals surface area contributed by atoms with Crippen LogP contribution in [-0.4, -0.2) is 51.5 Å². The Morgan fingerprint density at radius 1 is 1.24 bits per heavy atom. The number of nitrogens with one attached hydrogen (secondary N) is 1. The molecular weight excluding hydrogens is 370 g/mol. The summed E-state index contributed by atoms with van der Waals surface area (Å²) < 4.78 is 5.36. The largest absolute Gasteiger partial charge is 0.507 e. The van der Waals surface area contributed by atoms with Gasteiger partial charge < -0.3 is 19.8 Å². The molecule has 7 nitrogen and oxygen atoms in total. The normalized spacial score (nSPS) is 15.7. The smallest absolute Gasteiger partial charge is 0.273 e. The molecule has 0 spiro atoms. The first-order valence-electron chi connectivity index (χ1n) is 9.40. The molecule has 150 valence electrons. The van der Waals surface area contributed by atoms with Crippen molar-refractivity contribution in [3.8, 4) is 22.8 Å². The number of aliphatic hydroxyl groups excluding tert-OH is 1. The Morgan fingerprint density at radius 3 is 2.76 bits per heavy atom. The van der Waals surface area contributed by atoms with E-state index in [0.717, 1.165) is 16.7 Å². The maximum Gasteiger partial charge on any atom is 0.273 e. The Hall–Kier alpha value is -3.32. The third-order valence-corrected chi connectivity index (χ3v) is 5.31. The molecule has 1 aliphatic rings. The number of aromatic nitrogens is 2. The lowest BCUT2D eigenvalue weighted by molar-refractivity contribution is 0.0706. The number of β-amino-alcohol motifs (C(OH)–C–C–N with tert-alkyl or cyclic N) is 1. The topological polar surface area (TPSA) is 98.7 Å². The van der Waals surface area contributed by atoms with E-state index in [4.69, 9.17) is 4.74 Å². The van der Waals surface area contributed by atoms with Crippen LogP contribution >= 0.6 is 0 Å². The second-order valence-electron chi connectivity index (χ2n) is 7.24. The van der Waals surface area contributed by atoms with E-state index in [-0.39, 0.29) is 24.8 Å². The summed E-state index contributed by atoms with van der Waals surface area (Å²) in [5, 5.41) is 27.5. The number of aromatic hydroxyl groups is 1. The van der Waals surface area contributed by atoms with Crippen LogP contribution in [0.1, 0.15) is 38.8 Å². The highest BCUT2D eigenvalue weighted by molar-refractivity contribution is 6.00. The number of ether oxygens (including phenoxy) is 1. The number of fused-ring (bicyclic) bond motifs is 1. The van der Waals surface area contributed by atoms with Gasteiger partial charge in [-0.1, -0.05) is 18.2 Å². The summed E-state index contributed by atoms with van der Waals surface area (Å²) in [4.78, 5) is 14.7. The number of nitrogens with zero attached hydrogens (tertiary/aromatic N) is 2. The molecule has 1 aliphatic heterocycles. The first-order chi connectivity index (χ1) is 14.0. The maximum absolute atomic E-state index is 13.0. The van der Waals surface area contributed by atoms with E-state index in [1.807, 2.05) is 50.2 Å². The van der Waals surface area contributed by atoms with Crippen molar-refractivity contribution in [1.29, 1.82) is 0 Å². The average Bonchev–Trinajstić information content (AvgIpc) is 3.25. The van der Waals surface area contributed by atoms with Gasteiger partial charge >= 0.3 is 0 Å². The van der Waals surface area contributed by atoms with Crippen LogP contribution in [-0.2, 0) is 0 Å². The summed E-state index contributed by atoms with van der Waals surface area (Å²) in [6.45, 7) is 3.81. The number of phenols is 1. The van der Waals surface area contributed by atoms with Crippen molar-refractivity contribution in [2.75, 3.05) is 20.3 Å². The lowest BCUT2D eigenvalue weighted by Crippen LogP contribution is -2.32. The van der Waals surface area contributed by atoms with Crippen LogP contribution in [0.2, 0.25) is 0 Å². The SMILES string of the molecule is COc1cccc(C2c3c(-c4cc(C)cc(C)c4O)n[nH]c3C(=O)N2CCO)c1. The number of hydrogen-bond donors (Lipinski definition) is 3. The average molecular weight is 393 g/mol. The first-order valence-corrected chi connectivity index (χ1v) is 9.40. The van der Waals surface area contributed by atoms with E-state index < -0.39 is 6.04 Å². The number of rotatable bonds is 5. The van der Waals surface area contributed by atoms with E-state index >= 15 is 0 Å². The molecule has 3 N–H and O–H groups in total. The molecule has 0 bridgehead atoms. The van der Waals surface area contributed by atoms with E-state index in [0.29, 0.717) is 28.3 Å². The van der Waals surface area contributed by atoms with E-state index in [2.05, 4.69) is 10.2 Å². The number of phenolic OH excluding ortho intramolecular Hbond substituents is 1. The summed E-state index contributed by atoms with van der Waals surface area (Å²) in [7, 11) is 1.59. The van der Waals surface area contributed by atoms with Gasteiger partial charge in [-0.2, -0.15) is 5.10 Å². The van der Waals surface area contributed by atoms with Crippen molar-refractivity contribution >= 4 is 5.91 Å². The molecular formula is C22H23N3O4. The molecule has 0 saturated carbocycles. The molecule has 0 saturated heterocycles. The summed E-state index contributed by atoms with van der Waals surface area (Å²) >= 11 is 0. The van der Waals surface area contributed by atoms with Crippen molar-refractivity contribution in [3.05, 3.63) is 64.3 Å². The highest BCUT2D eigenvalue weighted by Crippen LogP contribution is 2.45. The summed E-state index contributed by atoms with van der Waals surface area (Å²) in [6.07, 6.45) is 0. The monoisotopic (exact) mass is 393 g/mol. The molecule has 4 rings (SSSR count). The van der Waals surface area contributed by atoms with Crippen molar-refractivity contribution in [2.45, 2.75) is 19.9 Å². The van der Waals surface area contributed by atoms with E-state index in [1.165, 1.54) is 0 Å². The molecule has 7 heteroatoms. The Balaban J connectivity index is 1.94. The molecule has 0 radical (unpaired) electrons. The minimum Gasteiger partial charge on any atom is -0.507 e. The Morgan fingerprint density at radius 2 is 2.03 bits per heavy atom. The molecule has 1 unspecified atom stereocenters. The second-order valence-corrected chi connectivity index (χ2v) is 7.24. The molecule has 2 aromatic carbocycles. The molecule has 29 heavy (non-hydrogen) atoms. The Kier molecular flexibility index (Phi) is 4.76. The number of aliphatic hydroxyl groups is 1. The van der Waals surface area contributed by atoms with Crippen LogP contribution in [0.15, 0.2) is 36.4 Å². The van der Waals surface area contributed by atoms with Crippen LogP contribution in [0.5, 0.6) is 11.5 Å². The van der Waals surface area contributed by atoms with Crippen LogP contribution in [0.25, 0.3) is 11.3 Å². The number of hydrogen-bond acceptors (Lipinski definition) is 5. The Bertz CT molecular complexity index is 1090. The number of aryl methyl sites for hydroxylation is 2. The van der Waals surface area contributed by atoms with Gasteiger partial charge in [0.25, 0.3) is 5.91 Å². The fraction of sp³-hybridized carbons (Fsp3) is 0.273. The molecule has 2 heterocycles. The quantitative estimate of drug-likeness (QED) is 0.619. The van der Waals surface area contributed by atoms with Gasteiger partial charge in [0.1, 0.15) is 22.9 Å². The maximum atomic E-state index is 13.0. The lowest BCUT2D eigenvalue weighted by atomic mass is 9.94. The van der Waals surface area contributed by atoms with Crippen molar-refractivity contribution < 1.29 is 19.7 Å². The zero-order valence-corrected chi connectivity index (χ0v) is 16.6. The highest BCUT2D eigenvalue weighted by Gasteiger charge is 2.42. The van der Waals surface area contributed by atoms with Crippen LogP contribution < -0.4 is 4.74 Å². The summed E-state index contributed by atoms with van der Waals surface area (Å²) in [5.74, 6) is 0.582. The van der Waals surface area contributed by atoms with Gasteiger partial charge in [-0.25, -0.2) is 0 Å². The molecule has 0 aliphatic carbocycles. The van der Waals surface area contributed by atoms with Crippen LogP contribution in [0.3, 0.4) is 0 Å². The molecule has 1 aromatic heterocycles.